The molecule has 0 saturated carbocycles. The minimum atomic E-state index is -0.554. The van der Waals surface area contributed by atoms with Gasteiger partial charge in [-0.3, -0.25) is 4.79 Å². The van der Waals surface area contributed by atoms with Crippen LogP contribution < -0.4 is 5.32 Å². The average molecular weight is 242 g/mol. The molecule has 0 aliphatic rings. The van der Waals surface area contributed by atoms with E-state index in [0.29, 0.717) is 0 Å². The lowest BCUT2D eigenvalue weighted by molar-refractivity contribution is -0.111. The largest absolute Gasteiger partial charge is 0.445 e. The maximum absolute atomic E-state index is 11.1. The standard InChI is InChI=1S/C11H12ClNO3/c12-10(14)6-7-13-11(15)16-8-9-4-2-1-3-5-9/h1-5H,6-8H2,(H,13,15). The Morgan fingerprint density at radius 2 is 1.94 bits per heavy atom. The predicted molar refractivity (Wildman–Crippen MR) is 60.1 cm³/mol. The van der Waals surface area contributed by atoms with Gasteiger partial charge in [-0.1, -0.05) is 30.3 Å². The Kier molecular flexibility index (Phi) is 5.36. The van der Waals surface area contributed by atoms with Crippen LogP contribution in [0.4, 0.5) is 4.79 Å². The second kappa shape index (κ2) is 6.85. The van der Waals surface area contributed by atoms with Crippen molar-refractivity contribution in [2.45, 2.75) is 13.0 Å². The summed E-state index contributed by atoms with van der Waals surface area (Å²) in [4.78, 5) is 21.5. The Bertz CT molecular complexity index is 354. The van der Waals surface area contributed by atoms with Crippen molar-refractivity contribution in [3.8, 4) is 0 Å². The molecule has 5 heteroatoms. The van der Waals surface area contributed by atoms with Gasteiger partial charge >= 0.3 is 6.09 Å². The Labute approximate surface area is 98.5 Å². The first kappa shape index (κ1) is 12.5. The summed E-state index contributed by atoms with van der Waals surface area (Å²) in [5, 5.41) is 1.93. The van der Waals surface area contributed by atoms with E-state index in [1.54, 1.807) is 0 Å². The predicted octanol–water partition coefficient (Wildman–Crippen LogP) is 2.07. The summed E-state index contributed by atoms with van der Waals surface area (Å²) in [5.41, 5.74) is 0.908. The molecule has 86 valence electrons. The fraction of sp³-hybridized carbons (Fsp3) is 0.273. The molecule has 4 nitrogen and oxygen atoms in total. The number of nitrogens with one attached hydrogen (secondary N) is 1. The minimum absolute atomic E-state index is 0.0992. The van der Waals surface area contributed by atoms with Crippen molar-refractivity contribution in [2.75, 3.05) is 6.54 Å². The molecular formula is C11H12ClNO3. The molecule has 0 aliphatic carbocycles. The zero-order valence-corrected chi connectivity index (χ0v) is 9.37. The summed E-state index contributed by atoms with van der Waals surface area (Å²) in [6.45, 7) is 0.400. The molecule has 0 unspecified atom stereocenters. The van der Waals surface area contributed by atoms with Crippen LogP contribution >= 0.6 is 11.6 Å². The number of amides is 1. The van der Waals surface area contributed by atoms with Gasteiger partial charge < -0.3 is 10.1 Å². The fourth-order valence-electron chi connectivity index (χ4n) is 1.04. The van der Waals surface area contributed by atoms with Crippen molar-refractivity contribution in [1.29, 1.82) is 0 Å². The van der Waals surface area contributed by atoms with E-state index in [1.807, 2.05) is 30.3 Å². The number of hydrogen-bond donors (Lipinski definition) is 1. The van der Waals surface area contributed by atoms with E-state index in [2.05, 4.69) is 5.32 Å². The summed E-state index contributed by atoms with van der Waals surface area (Å²) in [5.74, 6) is 0. The maximum Gasteiger partial charge on any atom is 0.407 e. The molecule has 0 saturated heterocycles. The van der Waals surface area contributed by atoms with Gasteiger partial charge in [-0.15, -0.1) is 0 Å². The first-order chi connectivity index (χ1) is 7.68. The highest BCUT2D eigenvalue weighted by Crippen LogP contribution is 2.00. The fourth-order valence-corrected chi connectivity index (χ4v) is 1.13. The maximum atomic E-state index is 11.1. The quantitative estimate of drug-likeness (QED) is 0.803. The number of hydrogen-bond acceptors (Lipinski definition) is 3. The SMILES string of the molecule is O=C(Cl)CCNC(=O)OCc1ccccc1. The monoisotopic (exact) mass is 241 g/mol. The molecule has 1 aromatic carbocycles. The van der Waals surface area contributed by atoms with Crippen molar-refractivity contribution in [3.05, 3.63) is 35.9 Å². The molecular weight excluding hydrogens is 230 g/mol. The smallest absolute Gasteiger partial charge is 0.407 e. The second-order valence-electron chi connectivity index (χ2n) is 3.09. The number of carbonyl (C=O) groups excluding carboxylic acids is 2. The van der Waals surface area contributed by atoms with E-state index in [0.717, 1.165) is 5.56 Å². The van der Waals surface area contributed by atoms with Crippen LogP contribution in [-0.2, 0) is 16.1 Å². The van der Waals surface area contributed by atoms with Gasteiger partial charge in [0.25, 0.3) is 0 Å². The molecule has 1 aromatic rings. The van der Waals surface area contributed by atoms with Crippen LogP contribution in [0.25, 0.3) is 0 Å². The van der Waals surface area contributed by atoms with Crippen LogP contribution in [0.2, 0.25) is 0 Å². The van der Waals surface area contributed by atoms with Crippen LogP contribution in [0.3, 0.4) is 0 Å². The Morgan fingerprint density at radius 3 is 2.56 bits per heavy atom. The van der Waals surface area contributed by atoms with Crippen LogP contribution in [0.5, 0.6) is 0 Å². The summed E-state index contributed by atoms with van der Waals surface area (Å²) in [6.07, 6.45) is -0.455. The summed E-state index contributed by atoms with van der Waals surface area (Å²) in [6, 6.07) is 9.33. The van der Waals surface area contributed by atoms with E-state index in [9.17, 15) is 9.59 Å². The summed E-state index contributed by atoms with van der Waals surface area (Å²) < 4.78 is 4.91. The van der Waals surface area contributed by atoms with Gasteiger partial charge in [0.15, 0.2) is 0 Å². The molecule has 0 fully saturated rings. The highest BCUT2D eigenvalue weighted by atomic mass is 35.5. The van der Waals surface area contributed by atoms with E-state index in [4.69, 9.17) is 16.3 Å². The van der Waals surface area contributed by atoms with Crippen LogP contribution in [0.15, 0.2) is 30.3 Å². The van der Waals surface area contributed by atoms with Crippen LogP contribution in [-0.4, -0.2) is 17.9 Å². The number of ether oxygens (including phenoxy) is 1. The Morgan fingerprint density at radius 1 is 1.25 bits per heavy atom. The third-order valence-corrected chi connectivity index (χ3v) is 1.99. The van der Waals surface area contributed by atoms with Gasteiger partial charge in [0.1, 0.15) is 6.61 Å². The highest BCUT2D eigenvalue weighted by Gasteiger charge is 2.02. The molecule has 0 radical (unpaired) electrons. The normalized spacial score (nSPS) is 9.56. The van der Waals surface area contributed by atoms with Gasteiger partial charge in [0, 0.05) is 13.0 Å². The van der Waals surface area contributed by atoms with E-state index >= 15 is 0 Å². The van der Waals surface area contributed by atoms with E-state index in [-0.39, 0.29) is 19.6 Å². The number of halogens is 1. The third kappa shape index (κ3) is 5.36. The van der Waals surface area contributed by atoms with Gasteiger partial charge in [-0.2, -0.15) is 0 Å². The van der Waals surface area contributed by atoms with Gasteiger partial charge in [-0.05, 0) is 17.2 Å². The molecule has 0 atom stereocenters. The molecule has 16 heavy (non-hydrogen) atoms. The lowest BCUT2D eigenvalue weighted by Crippen LogP contribution is -2.26. The molecule has 0 heterocycles. The number of carbonyl (C=O) groups is 2. The van der Waals surface area contributed by atoms with E-state index < -0.39 is 11.3 Å². The third-order valence-electron chi connectivity index (χ3n) is 1.80. The lowest BCUT2D eigenvalue weighted by atomic mass is 10.2. The van der Waals surface area contributed by atoms with Crippen molar-refractivity contribution in [2.24, 2.45) is 0 Å². The van der Waals surface area contributed by atoms with Gasteiger partial charge in [0.2, 0.25) is 5.24 Å². The van der Waals surface area contributed by atoms with Crippen molar-refractivity contribution < 1.29 is 14.3 Å². The lowest BCUT2D eigenvalue weighted by Gasteiger charge is -2.05. The second-order valence-corrected chi connectivity index (χ2v) is 3.52. The molecule has 0 aromatic heterocycles. The van der Waals surface area contributed by atoms with Gasteiger partial charge in [-0.25, -0.2) is 4.79 Å². The van der Waals surface area contributed by atoms with Crippen LogP contribution in [0, 0.1) is 0 Å². The number of alkyl carbamates (subject to hydrolysis) is 1. The van der Waals surface area contributed by atoms with Crippen LogP contribution in [0.1, 0.15) is 12.0 Å². The Hall–Kier alpha value is -1.55. The topological polar surface area (TPSA) is 55.4 Å². The summed E-state index contributed by atoms with van der Waals surface area (Å²) in [7, 11) is 0. The molecule has 1 N–H and O–H groups in total. The zero-order chi connectivity index (χ0) is 11.8. The van der Waals surface area contributed by atoms with Crippen molar-refractivity contribution in [3.63, 3.8) is 0 Å². The first-order valence-electron chi connectivity index (χ1n) is 4.81. The highest BCUT2D eigenvalue weighted by molar-refractivity contribution is 6.63. The summed E-state index contributed by atoms with van der Waals surface area (Å²) >= 11 is 5.10. The van der Waals surface area contributed by atoms with Crippen molar-refractivity contribution >= 4 is 22.9 Å². The van der Waals surface area contributed by atoms with Gasteiger partial charge in [0.05, 0.1) is 0 Å². The number of rotatable bonds is 5. The molecule has 1 rings (SSSR count). The zero-order valence-electron chi connectivity index (χ0n) is 8.61. The molecule has 1 amide bonds. The van der Waals surface area contributed by atoms with E-state index in [1.165, 1.54) is 0 Å². The number of benzene rings is 1. The first-order valence-corrected chi connectivity index (χ1v) is 5.19. The Balaban J connectivity index is 2.18. The molecule has 0 bridgehead atoms. The molecule has 0 spiro atoms. The molecule has 0 aliphatic heterocycles. The minimum Gasteiger partial charge on any atom is -0.445 e. The average Bonchev–Trinajstić information content (AvgIpc) is 2.27. The van der Waals surface area contributed by atoms with Crippen molar-refractivity contribution in [1.82, 2.24) is 5.32 Å².